The van der Waals surface area contributed by atoms with E-state index in [9.17, 15) is 9.18 Å². The number of anilines is 1. The van der Waals surface area contributed by atoms with E-state index in [1.165, 1.54) is 12.1 Å². The van der Waals surface area contributed by atoms with Gasteiger partial charge in [0.1, 0.15) is 5.82 Å². The van der Waals surface area contributed by atoms with Gasteiger partial charge in [0, 0.05) is 18.2 Å². The fourth-order valence-corrected chi connectivity index (χ4v) is 2.63. The van der Waals surface area contributed by atoms with Gasteiger partial charge in [-0.15, -0.1) is 0 Å². The molecule has 0 aromatic heterocycles. The van der Waals surface area contributed by atoms with Crippen molar-refractivity contribution in [2.24, 2.45) is 11.7 Å². The third-order valence-corrected chi connectivity index (χ3v) is 3.93. The Morgan fingerprint density at radius 1 is 1.42 bits per heavy atom. The lowest BCUT2D eigenvalue weighted by Gasteiger charge is -2.27. The van der Waals surface area contributed by atoms with Crippen LogP contribution in [0.5, 0.6) is 0 Å². The van der Waals surface area contributed by atoms with Gasteiger partial charge in [-0.3, -0.25) is 4.79 Å². The van der Waals surface area contributed by atoms with Crippen LogP contribution < -0.4 is 11.1 Å². The molecule has 2 rings (SSSR count). The van der Waals surface area contributed by atoms with Crippen molar-refractivity contribution in [3.63, 3.8) is 0 Å². The van der Waals surface area contributed by atoms with Crippen molar-refractivity contribution in [1.82, 2.24) is 0 Å². The fraction of sp³-hybridized carbons (Fsp3) is 0.500. The van der Waals surface area contributed by atoms with E-state index in [2.05, 4.69) is 5.32 Å². The predicted molar refractivity (Wildman–Crippen MR) is 74.6 cm³/mol. The molecule has 1 saturated carbocycles. The van der Waals surface area contributed by atoms with Gasteiger partial charge in [-0.25, -0.2) is 4.39 Å². The van der Waals surface area contributed by atoms with Gasteiger partial charge in [0.2, 0.25) is 5.91 Å². The summed E-state index contributed by atoms with van der Waals surface area (Å²) in [5.41, 5.74) is 6.43. The van der Waals surface area contributed by atoms with Crippen molar-refractivity contribution in [3.8, 4) is 0 Å². The Balaban J connectivity index is 1.91. The van der Waals surface area contributed by atoms with Crippen molar-refractivity contribution in [1.29, 1.82) is 0 Å². The lowest BCUT2D eigenvalue weighted by Crippen LogP contribution is -2.35. The van der Waals surface area contributed by atoms with Crippen molar-refractivity contribution >= 4 is 23.2 Å². The summed E-state index contributed by atoms with van der Waals surface area (Å²) in [5, 5.41) is 2.73. The van der Waals surface area contributed by atoms with E-state index in [0.29, 0.717) is 12.1 Å². The maximum atomic E-state index is 13.2. The van der Waals surface area contributed by atoms with Crippen molar-refractivity contribution < 1.29 is 9.18 Å². The molecule has 0 heterocycles. The number of halogens is 2. The topological polar surface area (TPSA) is 55.1 Å². The SMILES string of the molecule is NC1CCCCC1CC(=O)Nc1ccc(Cl)c(F)c1. The minimum absolute atomic E-state index is 0.0484. The molecule has 0 bridgehead atoms. The second-order valence-corrected chi connectivity index (χ2v) is 5.50. The van der Waals surface area contributed by atoms with Gasteiger partial charge in [0.25, 0.3) is 0 Å². The lowest BCUT2D eigenvalue weighted by molar-refractivity contribution is -0.117. The largest absolute Gasteiger partial charge is 0.327 e. The van der Waals surface area contributed by atoms with E-state index in [1.807, 2.05) is 0 Å². The van der Waals surface area contributed by atoms with E-state index in [1.54, 1.807) is 6.07 Å². The predicted octanol–water partition coefficient (Wildman–Crippen LogP) is 3.33. The quantitative estimate of drug-likeness (QED) is 0.894. The number of carbonyl (C=O) groups excluding carboxylic acids is 1. The standard InChI is InChI=1S/C14H18ClFN2O/c15-11-6-5-10(8-12(11)16)18-14(19)7-9-3-1-2-4-13(9)17/h5-6,8-9,13H,1-4,7,17H2,(H,18,19). The second-order valence-electron chi connectivity index (χ2n) is 5.09. The number of nitrogens with two attached hydrogens (primary N) is 1. The lowest BCUT2D eigenvalue weighted by atomic mass is 9.83. The molecule has 0 saturated heterocycles. The van der Waals surface area contributed by atoms with Crippen molar-refractivity contribution in [3.05, 3.63) is 29.0 Å². The summed E-state index contributed by atoms with van der Waals surface area (Å²) in [7, 11) is 0. The Kier molecular flexibility index (Phi) is 4.77. The molecular formula is C14H18ClFN2O. The Morgan fingerprint density at radius 3 is 2.84 bits per heavy atom. The summed E-state index contributed by atoms with van der Waals surface area (Å²) in [6, 6.07) is 4.34. The highest BCUT2D eigenvalue weighted by Gasteiger charge is 2.24. The van der Waals surface area contributed by atoms with Gasteiger partial charge >= 0.3 is 0 Å². The normalized spacial score (nSPS) is 23.1. The summed E-state index contributed by atoms with van der Waals surface area (Å²) in [4.78, 5) is 11.9. The van der Waals surface area contributed by atoms with Gasteiger partial charge in [0.05, 0.1) is 5.02 Å². The summed E-state index contributed by atoms with van der Waals surface area (Å²) in [6.45, 7) is 0. The van der Waals surface area contributed by atoms with Gasteiger partial charge in [0.15, 0.2) is 0 Å². The molecule has 1 aromatic carbocycles. The summed E-state index contributed by atoms with van der Waals surface area (Å²) < 4.78 is 13.2. The zero-order valence-electron chi connectivity index (χ0n) is 10.7. The molecule has 1 aliphatic carbocycles. The molecule has 19 heavy (non-hydrogen) atoms. The van der Waals surface area contributed by atoms with Crippen LogP contribution in [-0.4, -0.2) is 11.9 Å². The third kappa shape index (κ3) is 3.91. The molecule has 2 unspecified atom stereocenters. The van der Waals surface area contributed by atoms with Crippen LogP contribution in [0, 0.1) is 11.7 Å². The Bertz CT molecular complexity index is 467. The molecule has 1 aliphatic rings. The highest BCUT2D eigenvalue weighted by molar-refractivity contribution is 6.30. The summed E-state index contributed by atoms with van der Waals surface area (Å²) in [6.07, 6.45) is 4.63. The number of benzene rings is 1. The van der Waals surface area contributed by atoms with Crippen LogP contribution in [0.15, 0.2) is 18.2 Å². The van der Waals surface area contributed by atoms with Crippen LogP contribution in [0.3, 0.4) is 0 Å². The number of nitrogens with one attached hydrogen (secondary N) is 1. The number of hydrogen-bond acceptors (Lipinski definition) is 2. The Hall–Kier alpha value is -1.13. The molecule has 1 fully saturated rings. The van der Waals surface area contributed by atoms with Crippen LogP contribution in [0.4, 0.5) is 10.1 Å². The average Bonchev–Trinajstić information content (AvgIpc) is 2.37. The molecule has 104 valence electrons. The van der Waals surface area contributed by atoms with Gasteiger partial charge in [-0.05, 0) is 37.0 Å². The first-order valence-electron chi connectivity index (χ1n) is 6.57. The zero-order chi connectivity index (χ0) is 13.8. The summed E-state index contributed by atoms with van der Waals surface area (Å²) in [5.74, 6) is -0.427. The molecule has 0 spiro atoms. The van der Waals surface area contributed by atoms with E-state index < -0.39 is 5.82 Å². The van der Waals surface area contributed by atoms with Crippen molar-refractivity contribution in [2.45, 2.75) is 38.1 Å². The highest BCUT2D eigenvalue weighted by atomic mass is 35.5. The van der Waals surface area contributed by atoms with Crippen LogP contribution in [0.25, 0.3) is 0 Å². The number of rotatable bonds is 3. The van der Waals surface area contributed by atoms with E-state index in [-0.39, 0.29) is 22.9 Å². The van der Waals surface area contributed by atoms with Crippen LogP contribution in [-0.2, 0) is 4.79 Å². The molecule has 3 nitrogen and oxygen atoms in total. The first-order valence-corrected chi connectivity index (χ1v) is 6.94. The van der Waals surface area contributed by atoms with E-state index >= 15 is 0 Å². The Labute approximate surface area is 117 Å². The molecule has 0 radical (unpaired) electrons. The highest BCUT2D eigenvalue weighted by Crippen LogP contribution is 2.26. The van der Waals surface area contributed by atoms with Crippen molar-refractivity contribution in [2.75, 3.05) is 5.32 Å². The molecule has 3 N–H and O–H groups in total. The number of amides is 1. The molecule has 5 heteroatoms. The maximum absolute atomic E-state index is 13.2. The molecular weight excluding hydrogens is 267 g/mol. The monoisotopic (exact) mass is 284 g/mol. The fourth-order valence-electron chi connectivity index (χ4n) is 2.51. The third-order valence-electron chi connectivity index (χ3n) is 3.62. The summed E-state index contributed by atoms with van der Waals surface area (Å²) >= 11 is 5.59. The van der Waals surface area contributed by atoms with Gasteiger partial charge in [-0.1, -0.05) is 24.4 Å². The second kappa shape index (κ2) is 6.35. The molecule has 1 amide bonds. The smallest absolute Gasteiger partial charge is 0.224 e. The molecule has 1 aromatic rings. The Morgan fingerprint density at radius 2 is 2.16 bits per heavy atom. The van der Waals surface area contributed by atoms with Crippen LogP contribution in [0.2, 0.25) is 5.02 Å². The van der Waals surface area contributed by atoms with Crippen LogP contribution in [0.1, 0.15) is 32.1 Å². The van der Waals surface area contributed by atoms with Crippen LogP contribution >= 0.6 is 11.6 Å². The van der Waals surface area contributed by atoms with E-state index in [0.717, 1.165) is 25.7 Å². The number of hydrogen-bond donors (Lipinski definition) is 2. The zero-order valence-corrected chi connectivity index (χ0v) is 11.4. The first-order chi connectivity index (χ1) is 9.06. The van der Waals surface area contributed by atoms with Gasteiger partial charge < -0.3 is 11.1 Å². The minimum atomic E-state index is -0.533. The molecule has 0 aliphatic heterocycles. The average molecular weight is 285 g/mol. The number of carbonyl (C=O) groups is 1. The minimum Gasteiger partial charge on any atom is -0.327 e. The molecule has 2 atom stereocenters. The maximum Gasteiger partial charge on any atom is 0.224 e. The first kappa shape index (κ1) is 14.3. The van der Waals surface area contributed by atoms with Gasteiger partial charge in [-0.2, -0.15) is 0 Å². The van der Waals surface area contributed by atoms with E-state index in [4.69, 9.17) is 17.3 Å².